The first-order valence-corrected chi connectivity index (χ1v) is 7.42. The van der Waals surface area contributed by atoms with Gasteiger partial charge in [0.25, 0.3) is 0 Å². The van der Waals surface area contributed by atoms with Crippen molar-refractivity contribution in [1.82, 2.24) is 4.98 Å². The molecular weight excluding hydrogens is 307 g/mol. The third kappa shape index (κ3) is 3.52. The summed E-state index contributed by atoms with van der Waals surface area (Å²) < 4.78 is 61.2. The molecular formula is C13H10F3NO3S. The standard InChI is InChI=1S/C13H10F3NO3S/c14-13(15,16)9-3-5-10(6-4-9)21(19,20)8-12(18)11-2-1-7-17-11/h1-7,17H,8H2. The van der Waals surface area contributed by atoms with Crippen molar-refractivity contribution in [2.45, 2.75) is 11.1 Å². The number of carbonyl (C=O) groups excluding carboxylic acids is 1. The van der Waals surface area contributed by atoms with Gasteiger partial charge >= 0.3 is 6.18 Å². The van der Waals surface area contributed by atoms with Crippen LogP contribution >= 0.6 is 0 Å². The van der Waals surface area contributed by atoms with E-state index in [9.17, 15) is 26.4 Å². The van der Waals surface area contributed by atoms with E-state index >= 15 is 0 Å². The zero-order valence-corrected chi connectivity index (χ0v) is 11.3. The van der Waals surface area contributed by atoms with Crippen molar-refractivity contribution in [1.29, 1.82) is 0 Å². The summed E-state index contributed by atoms with van der Waals surface area (Å²) in [6.45, 7) is 0. The summed E-state index contributed by atoms with van der Waals surface area (Å²) in [5.41, 5.74) is -0.817. The smallest absolute Gasteiger partial charge is 0.359 e. The molecule has 0 aliphatic heterocycles. The van der Waals surface area contributed by atoms with E-state index in [-0.39, 0.29) is 10.6 Å². The summed E-state index contributed by atoms with van der Waals surface area (Å²) in [5, 5.41) is 0. The molecule has 1 heterocycles. The highest BCUT2D eigenvalue weighted by atomic mass is 32.2. The largest absolute Gasteiger partial charge is 0.416 e. The van der Waals surface area contributed by atoms with E-state index < -0.39 is 33.1 Å². The van der Waals surface area contributed by atoms with Crippen molar-refractivity contribution in [2.75, 3.05) is 5.75 Å². The van der Waals surface area contributed by atoms with Crippen molar-refractivity contribution in [3.63, 3.8) is 0 Å². The van der Waals surface area contributed by atoms with Crippen LogP contribution in [0, 0.1) is 0 Å². The summed E-state index contributed by atoms with van der Waals surface area (Å²) >= 11 is 0. The second-order valence-electron chi connectivity index (χ2n) is 4.29. The average molecular weight is 317 g/mol. The average Bonchev–Trinajstić information content (AvgIpc) is 2.91. The van der Waals surface area contributed by atoms with E-state index in [1.165, 1.54) is 18.3 Å². The molecule has 0 saturated carbocycles. The Morgan fingerprint density at radius 2 is 1.71 bits per heavy atom. The molecule has 0 amide bonds. The van der Waals surface area contributed by atoms with Crippen LogP contribution in [0.25, 0.3) is 0 Å². The molecule has 2 rings (SSSR count). The van der Waals surface area contributed by atoms with E-state index in [0.717, 1.165) is 12.1 Å². The van der Waals surface area contributed by atoms with Crippen LogP contribution in [0.1, 0.15) is 16.1 Å². The summed E-state index contributed by atoms with van der Waals surface area (Å²) in [4.78, 5) is 14.0. The maximum Gasteiger partial charge on any atom is 0.416 e. The van der Waals surface area contributed by atoms with E-state index in [4.69, 9.17) is 0 Å². The Bertz CT molecular complexity index is 732. The molecule has 1 aromatic heterocycles. The molecule has 8 heteroatoms. The molecule has 0 fully saturated rings. The molecule has 21 heavy (non-hydrogen) atoms. The lowest BCUT2D eigenvalue weighted by Crippen LogP contribution is -2.17. The fraction of sp³-hybridized carbons (Fsp3) is 0.154. The number of hydrogen-bond acceptors (Lipinski definition) is 3. The Kier molecular flexibility index (Phi) is 3.91. The molecule has 0 aliphatic carbocycles. The van der Waals surface area contributed by atoms with Gasteiger partial charge in [-0.05, 0) is 36.4 Å². The number of rotatable bonds is 4. The maximum absolute atomic E-state index is 12.4. The number of H-pyrrole nitrogens is 1. The molecule has 4 nitrogen and oxygen atoms in total. The quantitative estimate of drug-likeness (QED) is 0.882. The highest BCUT2D eigenvalue weighted by Crippen LogP contribution is 2.29. The van der Waals surface area contributed by atoms with E-state index in [1.807, 2.05) is 0 Å². The van der Waals surface area contributed by atoms with Crippen LogP contribution in [0.5, 0.6) is 0 Å². The van der Waals surface area contributed by atoms with Gasteiger partial charge in [0.05, 0.1) is 16.2 Å². The monoisotopic (exact) mass is 317 g/mol. The summed E-state index contributed by atoms with van der Waals surface area (Å²) in [7, 11) is -3.98. The van der Waals surface area contributed by atoms with Gasteiger partial charge in [-0.2, -0.15) is 13.2 Å². The highest BCUT2D eigenvalue weighted by molar-refractivity contribution is 7.92. The second-order valence-corrected chi connectivity index (χ2v) is 6.28. The molecule has 0 unspecified atom stereocenters. The van der Waals surface area contributed by atoms with E-state index in [1.54, 1.807) is 0 Å². The Labute approximate surface area is 118 Å². The minimum absolute atomic E-state index is 0.130. The molecule has 0 spiro atoms. The molecule has 1 aromatic carbocycles. The molecule has 0 atom stereocenters. The minimum atomic E-state index is -4.54. The Morgan fingerprint density at radius 1 is 1.10 bits per heavy atom. The van der Waals surface area contributed by atoms with Crippen LogP contribution in [-0.2, 0) is 16.0 Å². The first kappa shape index (κ1) is 15.3. The first-order chi connectivity index (χ1) is 9.70. The highest BCUT2D eigenvalue weighted by Gasteiger charge is 2.31. The number of hydrogen-bond donors (Lipinski definition) is 1. The lowest BCUT2D eigenvalue weighted by Gasteiger charge is -2.08. The van der Waals surface area contributed by atoms with Gasteiger partial charge in [-0.25, -0.2) is 8.42 Å². The number of ketones is 1. The van der Waals surface area contributed by atoms with Gasteiger partial charge in [-0.3, -0.25) is 4.79 Å². The van der Waals surface area contributed by atoms with Crippen LogP contribution in [0.15, 0.2) is 47.5 Å². The van der Waals surface area contributed by atoms with Crippen molar-refractivity contribution < 1.29 is 26.4 Å². The SMILES string of the molecule is O=C(CS(=O)(=O)c1ccc(C(F)(F)F)cc1)c1ccc[nH]1. The number of aromatic amines is 1. The van der Waals surface area contributed by atoms with Crippen LogP contribution in [0.3, 0.4) is 0 Å². The van der Waals surface area contributed by atoms with E-state index in [0.29, 0.717) is 12.1 Å². The van der Waals surface area contributed by atoms with Gasteiger partial charge in [0.1, 0.15) is 5.75 Å². The maximum atomic E-state index is 12.4. The summed E-state index contributed by atoms with van der Waals surface area (Å²) in [6.07, 6.45) is -3.07. The Morgan fingerprint density at radius 3 is 2.19 bits per heavy atom. The fourth-order valence-corrected chi connectivity index (χ4v) is 2.91. The lowest BCUT2D eigenvalue weighted by molar-refractivity contribution is -0.137. The number of aromatic nitrogens is 1. The van der Waals surface area contributed by atoms with Crippen LogP contribution < -0.4 is 0 Å². The van der Waals surface area contributed by atoms with Gasteiger partial charge in [0.2, 0.25) is 0 Å². The third-order valence-corrected chi connectivity index (χ3v) is 4.39. The number of alkyl halides is 3. The number of sulfone groups is 1. The molecule has 2 aromatic rings. The van der Waals surface area contributed by atoms with Crippen LogP contribution in [0.2, 0.25) is 0 Å². The predicted octanol–water partition coefficient (Wildman–Crippen LogP) is 2.69. The van der Waals surface area contributed by atoms with Crippen LogP contribution in [-0.4, -0.2) is 24.9 Å². The molecule has 0 aliphatic rings. The Balaban J connectivity index is 2.22. The molecule has 112 valence electrons. The van der Waals surface area contributed by atoms with E-state index in [2.05, 4.69) is 4.98 Å². The van der Waals surface area contributed by atoms with Gasteiger partial charge in [-0.15, -0.1) is 0 Å². The zero-order valence-electron chi connectivity index (χ0n) is 10.5. The number of benzene rings is 1. The second kappa shape index (κ2) is 5.36. The molecule has 1 N–H and O–H groups in total. The van der Waals surface area contributed by atoms with Crippen molar-refractivity contribution in [3.8, 4) is 0 Å². The lowest BCUT2D eigenvalue weighted by atomic mass is 10.2. The Hall–Kier alpha value is -2.09. The third-order valence-electron chi connectivity index (χ3n) is 2.76. The summed E-state index contributed by atoms with van der Waals surface area (Å²) in [6, 6.07) is 6.00. The fourth-order valence-electron chi connectivity index (χ4n) is 1.69. The molecule has 0 bridgehead atoms. The number of halogens is 3. The van der Waals surface area contributed by atoms with Crippen molar-refractivity contribution in [2.24, 2.45) is 0 Å². The van der Waals surface area contributed by atoms with Crippen molar-refractivity contribution in [3.05, 3.63) is 53.9 Å². The van der Waals surface area contributed by atoms with Crippen LogP contribution in [0.4, 0.5) is 13.2 Å². The number of carbonyl (C=O) groups is 1. The number of nitrogens with one attached hydrogen (secondary N) is 1. The predicted molar refractivity (Wildman–Crippen MR) is 68.6 cm³/mol. The molecule has 0 saturated heterocycles. The topological polar surface area (TPSA) is 67.0 Å². The first-order valence-electron chi connectivity index (χ1n) is 5.77. The van der Waals surface area contributed by atoms with Gasteiger partial charge < -0.3 is 4.98 Å². The van der Waals surface area contributed by atoms with Gasteiger partial charge in [0, 0.05) is 6.20 Å². The van der Waals surface area contributed by atoms with Gasteiger partial charge in [-0.1, -0.05) is 0 Å². The minimum Gasteiger partial charge on any atom is -0.359 e. The zero-order chi connectivity index (χ0) is 15.7. The normalized spacial score (nSPS) is 12.3. The van der Waals surface area contributed by atoms with Crippen molar-refractivity contribution >= 4 is 15.6 Å². The molecule has 0 radical (unpaired) electrons. The van der Waals surface area contributed by atoms with Gasteiger partial charge in [0.15, 0.2) is 15.6 Å². The summed E-state index contributed by atoms with van der Waals surface area (Å²) in [5.74, 6) is -1.46. The number of Topliss-reactive ketones (excluding diaryl/α,β-unsaturated/α-hetero) is 1.